The van der Waals surface area contributed by atoms with Gasteiger partial charge in [0.05, 0.1) is 16.3 Å². The van der Waals surface area contributed by atoms with E-state index in [1.807, 2.05) is 30.3 Å². The minimum atomic E-state index is -0.198. The van der Waals surface area contributed by atoms with Crippen molar-refractivity contribution in [1.29, 1.82) is 0 Å². The second-order valence-corrected chi connectivity index (χ2v) is 5.67. The number of carbonyl (C=O) groups is 1. The van der Waals surface area contributed by atoms with Gasteiger partial charge in [-0.1, -0.05) is 35.9 Å². The summed E-state index contributed by atoms with van der Waals surface area (Å²) in [6, 6.07) is 15.1. The first-order valence-electron chi connectivity index (χ1n) is 6.18. The lowest BCUT2D eigenvalue weighted by atomic mass is 10.2. The summed E-state index contributed by atoms with van der Waals surface area (Å²) in [7, 11) is 0. The summed E-state index contributed by atoms with van der Waals surface area (Å²) in [6.45, 7) is 0.573. The molecular weight excluding hydrogens is 292 g/mol. The number of amides is 1. The van der Waals surface area contributed by atoms with Crippen LogP contribution in [-0.2, 0) is 0 Å². The molecule has 2 aromatic rings. The summed E-state index contributed by atoms with van der Waals surface area (Å²) >= 11 is 7.70. The number of nitrogens with two attached hydrogens (primary N) is 1. The molecule has 0 aliphatic rings. The molecule has 3 nitrogen and oxygen atoms in total. The predicted octanol–water partition coefficient (Wildman–Crippen LogP) is 3.44. The largest absolute Gasteiger partial charge is 0.398 e. The van der Waals surface area contributed by atoms with Gasteiger partial charge in [0.15, 0.2) is 0 Å². The molecule has 20 heavy (non-hydrogen) atoms. The Hall–Kier alpha value is -1.65. The summed E-state index contributed by atoms with van der Waals surface area (Å²) in [6.07, 6.45) is 0. The van der Waals surface area contributed by atoms with Crippen LogP contribution in [0.3, 0.4) is 0 Å². The molecule has 2 aromatic carbocycles. The Morgan fingerprint density at radius 2 is 1.90 bits per heavy atom. The number of hydrogen-bond acceptors (Lipinski definition) is 3. The number of hydrogen-bond donors (Lipinski definition) is 2. The molecule has 0 atom stereocenters. The minimum Gasteiger partial charge on any atom is -0.398 e. The first-order valence-corrected chi connectivity index (χ1v) is 7.55. The summed E-state index contributed by atoms with van der Waals surface area (Å²) in [5.41, 5.74) is 6.50. The van der Waals surface area contributed by atoms with Crippen LogP contribution in [0.5, 0.6) is 0 Å². The van der Waals surface area contributed by atoms with Crippen LogP contribution < -0.4 is 11.1 Å². The third-order valence-electron chi connectivity index (χ3n) is 2.67. The van der Waals surface area contributed by atoms with Crippen molar-refractivity contribution >= 4 is 35.0 Å². The van der Waals surface area contributed by atoms with Crippen molar-refractivity contribution in [3.05, 3.63) is 59.1 Å². The van der Waals surface area contributed by atoms with Gasteiger partial charge in [0.25, 0.3) is 5.91 Å². The Balaban J connectivity index is 1.82. The van der Waals surface area contributed by atoms with Crippen LogP contribution in [0.2, 0.25) is 5.02 Å². The van der Waals surface area contributed by atoms with E-state index in [0.717, 1.165) is 5.75 Å². The summed E-state index contributed by atoms with van der Waals surface area (Å²) in [5.74, 6) is 0.603. The van der Waals surface area contributed by atoms with Crippen LogP contribution in [0.1, 0.15) is 10.4 Å². The maximum absolute atomic E-state index is 12.0. The Morgan fingerprint density at radius 3 is 2.65 bits per heavy atom. The van der Waals surface area contributed by atoms with E-state index in [1.165, 1.54) is 4.90 Å². The van der Waals surface area contributed by atoms with Gasteiger partial charge in [-0.2, -0.15) is 0 Å². The van der Waals surface area contributed by atoms with E-state index < -0.39 is 0 Å². The molecule has 0 radical (unpaired) electrons. The number of nitrogen functional groups attached to an aromatic ring is 1. The Bertz CT molecular complexity index is 590. The number of thioether (sulfide) groups is 1. The van der Waals surface area contributed by atoms with Crippen LogP contribution in [0, 0.1) is 0 Å². The smallest absolute Gasteiger partial charge is 0.252 e. The minimum absolute atomic E-state index is 0.198. The molecule has 0 aromatic heterocycles. The third kappa shape index (κ3) is 3.92. The monoisotopic (exact) mass is 306 g/mol. The third-order valence-corrected chi connectivity index (χ3v) is 4.11. The molecule has 0 fully saturated rings. The standard InChI is InChI=1S/C15H15ClN2OS/c16-14-12(7-4-8-13(14)17)15(19)18-9-10-20-11-5-2-1-3-6-11/h1-8H,9-10,17H2,(H,18,19). The van der Waals surface area contributed by atoms with Gasteiger partial charge in [-0.15, -0.1) is 11.8 Å². The lowest BCUT2D eigenvalue weighted by Crippen LogP contribution is -2.26. The number of nitrogens with one attached hydrogen (secondary N) is 1. The fourth-order valence-electron chi connectivity index (χ4n) is 1.67. The highest BCUT2D eigenvalue weighted by Gasteiger charge is 2.11. The topological polar surface area (TPSA) is 55.1 Å². The fourth-order valence-corrected chi connectivity index (χ4v) is 2.67. The Kier molecular flexibility index (Phi) is 5.32. The maximum atomic E-state index is 12.0. The number of rotatable bonds is 5. The molecule has 1 amide bonds. The molecule has 0 saturated carbocycles. The van der Waals surface area contributed by atoms with Crippen LogP contribution in [-0.4, -0.2) is 18.2 Å². The van der Waals surface area contributed by atoms with Crippen molar-refractivity contribution in [3.8, 4) is 0 Å². The molecule has 0 bridgehead atoms. The zero-order chi connectivity index (χ0) is 14.4. The molecule has 104 valence electrons. The van der Waals surface area contributed by atoms with Gasteiger partial charge < -0.3 is 11.1 Å². The van der Waals surface area contributed by atoms with Gasteiger partial charge in [0, 0.05) is 17.2 Å². The number of benzene rings is 2. The molecule has 0 aliphatic heterocycles. The molecular formula is C15H15ClN2OS. The molecule has 0 aliphatic carbocycles. The molecule has 5 heteroatoms. The van der Waals surface area contributed by atoms with Crippen LogP contribution in [0.15, 0.2) is 53.4 Å². The van der Waals surface area contributed by atoms with E-state index in [-0.39, 0.29) is 5.91 Å². The zero-order valence-corrected chi connectivity index (χ0v) is 12.4. The highest BCUT2D eigenvalue weighted by atomic mass is 35.5. The second kappa shape index (κ2) is 7.22. The molecule has 0 spiro atoms. The van der Waals surface area contributed by atoms with Gasteiger partial charge >= 0.3 is 0 Å². The van der Waals surface area contributed by atoms with E-state index in [4.69, 9.17) is 17.3 Å². The van der Waals surface area contributed by atoms with E-state index in [2.05, 4.69) is 5.32 Å². The van der Waals surface area contributed by atoms with E-state index in [1.54, 1.807) is 30.0 Å². The van der Waals surface area contributed by atoms with E-state index in [9.17, 15) is 4.79 Å². The average Bonchev–Trinajstić information content (AvgIpc) is 2.47. The first-order chi connectivity index (χ1) is 9.68. The van der Waals surface area contributed by atoms with E-state index in [0.29, 0.717) is 22.8 Å². The normalized spacial score (nSPS) is 10.2. The van der Waals surface area contributed by atoms with Crippen molar-refractivity contribution in [2.45, 2.75) is 4.90 Å². The van der Waals surface area contributed by atoms with Crippen molar-refractivity contribution in [2.24, 2.45) is 0 Å². The van der Waals surface area contributed by atoms with Crippen LogP contribution in [0.4, 0.5) is 5.69 Å². The van der Waals surface area contributed by atoms with Crippen molar-refractivity contribution < 1.29 is 4.79 Å². The van der Waals surface area contributed by atoms with Gasteiger partial charge in [-0.25, -0.2) is 0 Å². The fraction of sp³-hybridized carbons (Fsp3) is 0.133. The summed E-state index contributed by atoms with van der Waals surface area (Å²) < 4.78 is 0. The lowest BCUT2D eigenvalue weighted by molar-refractivity contribution is 0.0956. The van der Waals surface area contributed by atoms with Gasteiger partial charge in [0.2, 0.25) is 0 Å². The second-order valence-electron chi connectivity index (χ2n) is 4.13. The van der Waals surface area contributed by atoms with Crippen LogP contribution in [0.25, 0.3) is 0 Å². The summed E-state index contributed by atoms with van der Waals surface area (Å²) in [5, 5.41) is 3.14. The van der Waals surface area contributed by atoms with E-state index >= 15 is 0 Å². The number of halogens is 1. The van der Waals surface area contributed by atoms with Crippen molar-refractivity contribution in [3.63, 3.8) is 0 Å². The number of anilines is 1. The highest BCUT2D eigenvalue weighted by molar-refractivity contribution is 7.99. The Morgan fingerprint density at radius 1 is 1.15 bits per heavy atom. The zero-order valence-electron chi connectivity index (χ0n) is 10.8. The first kappa shape index (κ1) is 14.8. The van der Waals surface area contributed by atoms with Crippen LogP contribution >= 0.6 is 23.4 Å². The SMILES string of the molecule is Nc1cccc(C(=O)NCCSc2ccccc2)c1Cl. The average molecular weight is 307 g/mol. The quantitative estimate of drug-likeness (QED) is 0.505. The summed E-state index contributed by atoms with van der Waals surface area (Å²) in [4.78, 5) is 13.2. The Labute approximate surface area is 127 Å². The lowest BCUT2D eigenvalue weighted by Gasteiger charge is -2.08. The van der Waals surface area contributed by atoms with Crippen molar-refractivity contribution in [1.82, 2.24) is 5.32 Å². The molecule has 0 saturated heterocycles. The van der Waals surface area contributed by atoms with Gasteiger partial charge in [-0.05, 0) is 24.3 Å². The maximum Gasteiger partial charge on any atom is 0.252 e. The highest BCUT2D eigenvalue weighted by Crippen LogP contribution is 2.22. The molecule has 2 rings (SSSR count). The van der Waals surface area contributed by atoms with Gasteiger partial charge in [0.1, 0.15) is 0 Å². The number of carbonyl (C=O) groups excluding carboxylic acids is 1. The van der Waals surface area contributed by atoms with Gasteiger partial charge in [-0.3, -0.25) is 4.79 Å². The molecule has 3 N–H and O–H groups in total. The molecule has 0 unspecified atom stereocenters. The predicted molar refractivity (Wildman–Crippen MR) is 85.4 cm³/mol. The molecule has 0 heterocycles. The van der Waals surface area contributed by atoms with Crippen molar-refractivity contribution in [2.75, 3.05) is 18.0 Å².